The maximum absolute atomic E-state index is 11.4. The van der Waals surface area contributed by atoms with E-state index in [0.717, 1.165) is 17.4 Å². The average Bonchev–Trinajstić information content (AvgIpc) is 2.91. The number of amides is 1. The van der Waals surface area contributed by atoms with Crippen molar-refractivity contribution >= 4 is 12.0 Å². The molecule has 0 radical (unpaired) electrons. The van der Waals surface area contributed by atoms with Crippen LogP contribution >= 0.6 is 0 Å². The zero-order valence-corrected chi connectivity index (χ0v) is 10.8. The summed E-state index contributed by atoms with van der Waals surface area (Å²) < 4.78 is 10.5. The molecule has 98 valence electrons. The molecule has 0 saturated heterocycles. The molecule has 1 aromatic rings. The van der Waals surface area contributed by atoms with E-state index in [1.54, 1.807) is 13.2 Å². The summed E-state index contributed by atoms with van der Waals surface area (Å²) in [7, 11) is 1.60. The highest BCUT2D eigenvalue weighted by Crippen LogP contribution is 2.47. The van der Waals surface area contributed by atoms with Crippen LogP contribution in [0.2, 0.25) is 0 Å². The Balaban J connectivity index is 1.81. The van der Waals surface area contributed by atoms with Gasteiger partial charge in [-0.3, -0.25) is 4.79 Å². The molecule has 1 amide bonds. The van der Waals surface area contributed by atoms with Gasteiger partial charge in [0.25, 0.3) is 0 Å². The third-order valence-corrected chi connectivity index (χ3v) is 3.13. The Hall–Kier alpha value is -1.55. The number of methoxy groups -OCH3 is 1. The number of ether oxygens (including phenoxy) is 1. The number of carbonyl (C=O) groups is 1. The Morgan fingerprint density at radius 2 is 2.39 bits per heavy atom. The number of carbonyl (C=O) groups excluding carboxylic acids is 1. The summed E-state index contributed by atoms with van der Waals surface area (Å²) in [5, 5.41) is 2.71. The van der Waals surface area contributed by atoms with Crippen LogP contribution in [0.25, 0.3) is 6.08 Å². The first-order valence-electron chi connectivity index (χ1n) is 6.25. The number of rotatable bonds is 6. The number of hydrogen-bond donors (Lipinski definition) is 1. The lowest BCUT2D eigenvalue weighted by Gasteiger charge is -1.99. The Morgan fingerprint density at radius 1 is 1.61 bits per heavy atom. The van der Waals surface area contributed by atoms with Gasteiger partial charge in [-0.1, -0.05) is 6.92 Å². The summed E-state index contributed by atoms with van der Waals surface area (Å²) in [6, 6.07) is 3.90. The van der Waals surface area contributed by atoms with E-state index in [1.807, 2.05) is 12.1 Å². The molecule has 1 fully saturated rings. The molecule has 0 aliphatic heterocycles. The van der Waals surface area contributed by atoms with Crippen molar-refractivity contribution in [3.8, 4) is 0 Å². The SMILES string of the molecule is COCCNC(=O)/C=C/c1ccc(C2CC2C)o1. The second kappa shape index (κ2) is 5.87. The topological polar surface area (TPSA) is 51.5 Å². The van der Waals surface area contributed by atoms with E-state index in [0.29, 0.717) is 19.1 Å². The number of nitrogens with one attached hydrogen (secondary N) is 1. The molecule has 2 atom stereocenters. The fraction of sp³-hybridized carbons (Fsp3) is 0.500. The van der Waals surface area contributed by atoms with E-state index in [2.05, 4.69) is 12.2 Å². The van der Waals surface area contributed by atoms with Gasteiger partial charge in [-0.2, -0.15) is 0 Å². The highest BCUT2D eigenvalue weighted by Gasteiger charge is 2.36. The molecule has 2 unspecified atom stereocenters. The Bertz CT molecular complexity index is 436. The predicted molar refractivity (Wildman–Crippen MR) is 69.1 cm³/mol. The first-order valence-corrected chi connectivity index (χ1v) is 6.25. The lowest BCUT2D eigenvalue weighted by molar-refractivity contribution is -0.116. The van der Waals surface area contributed by atoms with Crippen LogP contribution in [0.5, 0.6) is 0 Å². The van der Waals surface area contributed by atoms with Crippen LogP contribution in [0.3, 0.4) is 0 Å². The molecule has 2 rings (SSSR count). The number of furan rings is 1. The van der Waals surface area contributed by atoms with Gasteiger partial charge in [0.1, 0.15) is 11.5 Å². The molecular weight excluding hydrogens is 230 g/mol. The normalized spacial score (nSPS) is 22.3. The molecule has 4 nitrogen and oxygen atoms in total. The van der Waals surface area contributed by atoms with Gasteiger partial charge in [0.15, 0.2) is 0 Å². The molecule has 1 saturated carbocycles. The lowest BCUT2D eigenvalue weighted by atomic mass is 10.3. The van der Waals surface area contributed by atoms with Crippen LogP contribution < -0.4 is 5.32 Å². The van der Waals surface area contributed by atoms with Crippen molar-refractivity contribution < 1.29 is 13.9 Å². The van der Waals surface area contributed by atoms with E-state index in [4.69, 9.17) is 9.15 Å². The minimum Gasteiger partial charge on any atom is -0.461 e. The minimum atomic E-state index is -0.134. The second-order valence-corrected chi connectivity index (χ2v) is 4.68. The van der Waals surface area contributed by atoms with E-state index in [1.165, 1.54) is 12.5 Å². The van der Waals surface area contributed by atoms with Crippen LogP contribution in [0.4, 0.5) is 0 Å². The molecule has 1 aliphatic rings. The zero-order valence-electron chi connectivity index (χ0n) is 10.8. The molecule has 18 heavy (non-hydrogen) atoms. The molecule has 1 N–H and O–H groups in total. The van der Waals surface area contributed by atoms with Crippen molar-refractivity contribution in [3.63, 3.8) is 0 Å². The van der Waals surface area contributed by atoms with Crippen LogP contribution in [0.1, 0.15) is 30.8 Å². The van der Waals surface area contributed by atoms with Crippen LogP contribution in [-0.4, -0.2) is 26.2 Å². The van der Waals surface area contributed by atoms with Gasteiger partial charge in [-0.05, 0) is 30.5 Å². The van der Waals surface area contributed by atoms with Crippen molar-refractivity contribution in [1.29, 1.82) is 0 Å². The minimum absolute atomic E-state index is 0.134. The van der Waals surface area contributed by atoms with E-state index in [-0.39, 0.29) is 5.91 Å². The molecule has 0 spiro atoms. The van der Waals surface area contributed by atoms with Gasteiger partial charge in [0, 0.05) is 25.6 Å². The summed E-state index contributed by atoms with van der Waals surface area (Å²) in [5.74, 6) is 2.92. The summed E-state index contributed by atoms with van der Waals surface area (Å²) in [4.78, 5) is 11.4. The molecule has 0 bridgehead atoms. The smallest absolute Gasteiger partial charge is 0.244 e. The number of hydrogen-bond acceptors (Lipinski definition) is 3. The van der Waals surface area contributed by atoms with Crippen molar-refractivity contribution in [2.24, 2.45) is 5.92 Å². The fourth-order valence-corrected chi connectivity index (χ4v) is 1.87. The Labute approximate surface area is 107 Å². The van der Waals surface area contributed by atoms with Crippen LogP contribution in [-0.2, 0) is 9.53 Å². The predicted octanol–water partition coefficient (Wildman–Crippen LogP) is 2.18. The van der Waals surface area contributed by atoms with Gasteiger partial charge >= 0.3 is 0 Å². The van der Waals surface area contributed by atoms with E-state index in [9.17, 15) is 4.79 Å². The van der Waals surface area contributed by atoms with Gasteiger partial charge in [-0.25, -0.2) is 0 Å². The van der Waals surface area contributed by atoms with Crippen LogP contribution in [0, 0.1) is 5.92 Å². The lowest BCUT2D eigenvalue weighted by Crippen LogP contribution is -2.24. The molecule has 4 heteroatoms. The third kappa shape index (κ3) is 3.47. The van der Waals surface area contributed by atoms with Crippen molar-refractivity contribution in [2.45, 2.75) is 19.3 Å². The standard InChI is InChI=1S/C14H19NO3/c1-10-9-12(10)13-5-3-11(18-13)4-6-14(16)15-7-8-17-2/h3-6,10,12H,7-9H2,1-2H3,(H,15,16)/b6-4+. The molecule has 1 aliphatic carbocycles. The van der Waals surface area contributed by atoms with Crippen molar-refractivity contribution in [1.82, 2.24) is 5.32 Å². The molecule has 0 aromatic carbocycles. The first-order chi connectivity index (χ1) is 8.70. The monoisotopic (exact) mass is 249 g/mol. The molecule has 1 aromatic heterocycles. The maximum atomic E-state index is 11.4. The summed E-state index contributed by atoms with van der Waals surface area (Å²) in [6.45, 7) is 3.25. The van der Waals surface area contributed by atoms with Crippen LogP contribution in [0.15, 0.2) is 22.6 Å². The van der Waals surface area contributed by atoms with Gasteiger partial charge in [-0.15, -0.1) is 0 Å². The van der Waals surface area contributed by atoms with Gasteiger partial charge in [0.2, 0.25) is 5.91 Å². The average molecular weight is 249 g/mol. The van der Waals surface area contributed by atoms with E-state index >= 15 is 0 Å². The third-order valence-electron chi connectivity index (χ3n) is 3.13. The maximum Gasteiger partial charge on any atom is 0.244 e. The van der Waals surface area contributed by atoms with Gasteiger partial charge in [0.05, 0.1) is 6.61 Å². The summed E-state index contributed by atoms with van der Waals surface area (Å²) in [5.41, 5.74) is 0. The zero-order chi connectivity index (χ0) is 13.0. The Morgan fingerprint density at radius 3 is 3.06 bits per heavy atom. The van der Waals surface area contributed by atoms with Gasteiger partial charge < -0.3 is 14.5 Å². The van der Waals surface area contributed by atoms with Crippen molar-refractivity contribution in [2.75, 3.05) is 20.3 Å². The molecular formula is C14H19NO3. The van der Waals surface area contributed by atoms with E-state index < -0.39 is 0 Å². The fourth-order valence-electron chi connectivity index (χ4n) is 1.87. The second-order valence-electron chi connectivity index (χ2n) is 4.68. The quantitative estimate of drug-likeness (QED) is 0.621. The highest BCUT2D eigenvalue weighted by atomic mass is 16.5. The first kappa shape index (κ1) is 12.9. The largest absolute Gasteiger partial charge is 0.461 e. The summed E-state index contributed by atoms with van der Waals surface area (Å²) in [6.07, 6.45) is 4.38. The molecule has 1 heterocycles. The van der Waals surface area contributed by atoms with Crippen molar-refractivity contribution in [3.05, 3.63) is 29.7 Å². The Kier molecular flexibility index (Phi) is 4.20. The summed E-state index contributed by atoms with van der Waals surface area (Å²) >= 11 is 0. The highest BCUT2D eigenvalue weighted by molar-refractivity contribution is 5.91.